The minimum absolute atomic E-state index is 0.0736. The summed E-state index contributed by atoms with van der Waals surface area (Å²) in [4.78, 5) is 26.6. The molecular weight excluding hydrogens is 429 g/mol. The zero-order valence-corrected chi connectivity index (χ0v) is 17.4. The Bertz CT molecular complexity index is 1140. The number of hydrogen-bond acceptors (Lipinski definition) is 4. The number of rotatable bonds is 4. The topological polar surface area (TPSA) is 84.7 Å². The Balaban J connectivity index is 1.74. The maximum absolute atomic E-state index is 13.2. The van der Waals surface area contributed by atoms with Gasteiger partial charge in [0.2, 0.25) is 0 Å². The van der Waals surface area contributed by atoms with Crippen molar-refractivity contribution in [3.8, 4) is 11.4 Å². The molecule has 0 spiro atoms. The van der Waals surface area contributed by atoms with Crippen LogP contribution >= 0.6 is 23.2 Å². The smallest absolute Gasteiger partial charge is 0.356 e. The number of methoxy groups -OCH3 is 1. The standard InChI is InChI=1S/C21H17Cl2N3O4/c1-30-19-15(23)8-7-14(22)17(19)20(27)25-10-9-16-13(11-25)18(21(28)29)24-26(16)12-5-3-2-4-6-12/h2-8H,9-11H2,1H3,(H,28,29). The van der Waals surface area contributed by atoms with Gasteiger partial charge in [0.25, 0.3) is 5.91 Å². The number of aromatic carboxylic acids is 1. The summed E-state index contributed by atoms with van der Waals surface area (Å²) in [5.41, 5.74) is 2.12. The average Bonchev–Trinajstić information content (AvgIpc) is 3.14. The number of amides is 1. The first-order chi connectivity index (χ1) is 14.4. The second-order valence-corrected chi connectivity index (χ2v) is 7.55. The summed E-state index contributed by atoms with van der Waals surface area (Å²) in [6.07, 6.45) is 0.441. The summed E-state index contributed by atoms with van der Waals surface area (Å²) in [7, 11) is 1.41. The van der Waals surface area contributed by atoms with E-state index < -0.39 is 5.97 Å². The molecule has 1 aromatic heterocycles. The van der Waals surface area contributed by atoms with Crippen LogP contribution in [0.15, 0.2) is 42.5 Å². The van der Waals surface area contributed by atoms with Crippen molar-refractivity contribution in [2.24, 2.45) is 0 Å². The fourth-order valence-electron chi connectivity index (χ4n) is 3.64. The molecule has 0 bridgehead atoms. The first kappa shape index (κ1) is 20.3. The van der Waals surface area contributed by atoms with E-state index in [0.717, 1.165) is 11.4 Å². The quantitative estimate of drug-likeness (QED) is 0.653. The lowest BCUT2D eigenvalue weighted by molar-refractivity contribution is 0.0673. The van der Waals surface area contributed by atoms with Crippen LogP contribution in [0.4, 0.5) is 0 Å². The van der Waals surface area contributed by atoms with Crippen molar-refractivity contribution in [2.75, 3.05) is 13.7 Å². The second-order valence-electron chi connectivity index (χ2n) is 6.74. The van der Waals surface area contributed by atoms with Crippen molar-refractivity contribution in [2.45, 2.75) is 13.0 Å². The van der Waals surface area contributed by atoms with Crippen molar-refractivity contribution in [3.05, 3.63) is 75.0 Å². The Hall–Kier alpha value is -3.03. The van der Waals surface area contributed by atoms with Crippen LogP contribution in [0.1, 0.15) is 32.1 Å². The summed E-state index contributed by atoms with van der Waals surface area (Å²) in [6, 6.07) is 12.4. The van der Waals surface area contributed by atoms with Gasteiger partial charge < -0.3 is 14.7 Å². The molecule has 2 aromatic carbocycles. The van der Waals surface area contributed by atoms with E-state index in [9.17, 15) is 14.7 Å². The van der Waals surface area contributed by atoms with Gasteiger partial charge in [-0.25, -0.2) is 9.48 Å². The number of nitrogens with zero attached hydrogens (tertiary/aromatic N) is 3. The van der Waals surface area contributed by atoms with Crippen molar-refractivity contribution in [1.29, 1.82) is 0 Å². The van der Waals surface area contributed by atoms with Gasteiger partial charge >= 0.3 is 5.97 Å². The highest BCUT2D eigenvalue weighted by Gasteiger charge is 2.33. The number of fused-ring (bicyclic) bond motifs is 1. The molecule has 3 aromatic rings. The van der Waals surface area contributed by atoms with Crippen molar-refractivity contribution in [1.82, 2.24) is 14.7 Å². The molecule has 2 heterocycles. The maximum atomic E-state index is 13.2. The minimum atomic E-state index is -1.14. The van der Waals surface area contributed by atoms with Crippen molar-refractivity contribution >= 4 is 35.1 Å². The fraction of sp³-hybridized carbons (Fsp3) is 0.190. The van der Waals surface area contributed by atoms with Gasteiger partial charge in [0.1, 0.15) is 5.56 Å². The SMILES string of the molecule is COc1c(Cl)ccc(Cl)c1C(=O)N1CCc2c(c(C(=O)O)nn2-c2ccccc2)C1. The normalized spacial score (nSPS) is 13.1. The largest absolute Gasteiger partial charge is 0.494 e. The van der Waals surface area contributed by atoms with Gasteiger partial charge in [-0.1, -0.05) is 41.4 Å². The molecule has 4 rings (SSSR count). The maximum Gasteiger partial charge on any atom is 0.356 e. The molecule has 30 heavy (non-hydrogen) atoms. The van der Waals surface area contributed by atoms with Crippen LogP contribution in [-0.2, 0) is 13.0 Å². The number of benzene rings is 2. The number of carboxylic acids is 1. The van der Waals surface area contributed by atoms with Crippen LogP contribution < -0.4 is 4.74 Å². The van der Waals surface area contributed by atoms with E-state index in [2.05, 4.69) is 5.10 Å². The Morgan fingerprint density at radius 3 is 2.47 bits per heavy atom. The predicted octanol–water partition coefficient (Wildman–Crippen LogP) is 4.08. The lowest BCUT2D eigenvalue weighted by Gasteiger charge is -2.28. The molecule has 0 saturated carbocycles. The molecule has 0 atom stereocenters. The van der Waals surface area contributed by atoms with Gasteiger partial charge in [0.05, 0.1) is 35.1 Å². The van der Waals surface area contributed by atoms with Gasteiger partial charge in [-0.15, -0.1) is 0 Å². The number of halogens is 2. The van der Waals surface area contributed by atoms with Gasteiger partial charge in [-0.05, 0) is 24.3 Å². The number of aromatic nitrogens is 2. The molecule has 0 saturated heterocycles. The predicted molar refractivity (Wildman–Crippen MR) is 112 cm³/mol. The Morgan fingerprint density at radius 2 is 1.80 bits per heavy atom. The number of para-hydroxylation sites is 1. The number of hydrogen-bond donors (Lipinski definition) is 1. The monoisotopic (exact) mass is 445 g/mol. The highest BCUT2D eigenvalue weighted by Crippen LogP contribution is 2.36. The van der Waals surface area contributed by atoms with E-state index in [0.29, 0.717) is 18.5 Å². The molecule has 1 N–H and O–H groups in total. The van der Waals surface area contributed by atoms with Crippen LogP contribution in [0.3, 0.4) is 0 Å². The molecule has 0 aliphatic carbocycles. The highest BCUT2D eigenvalue weighted by molar-refractivity contribution is 6.37. The number of carbonyl (C=O) groups excluding carboxylic acids is 1. The van der Waals surface area contributed by atoms with E-state index in [1.54, 1.807) is 10.7 Å². The third kappa shape index (κ3) is 3.40. The van der Waals surface area contributed by atoms with E-state index in [4.69, 9.17) is 27.9 Å². The molecule has 1 aliphatic rings. The Kier molecular flexibility index (Phi) is 5.40. The molecule has 7 nitrogen and oxygen atoms in total. The molecular formula is C21H17Cl2N3O4. The lowest BCUT2D eigenvalue weighted by atomic mass is 10.0. The molecule has 0 fully saturated rings. The number of ether oxygens (including phenoxy) is 1. The van der Waals surface area contributed by atoms with Gasteiger partial charge in [0.15, 0.2) is 11.4 Å². The highest BCUT2D eigenvalue weighted by atomic mass is 35.5. The molecule has 0 unspecified atom stereocenters. The first-order valence-electron chi connectivity index (χ1n) is 9.13. The number of carbonyl (C=O) groups is 2. The van der Waals surface area contributed by atoms with Crippen LogP contribution in [0.5, 0.6) is 5.75 Å². The van der Waals surface area contributed by atoms with E-state index >= 15 is 0 Å². The first-order valence-corrected chi connectivity index (χ1v) is 9.88. The minimum Gasteiger partial charge on any atom is -0.494 e. The van der Waals surface area contributed by atoms with Gasteiger partial charge in [0, 0.05) is 18.5 Å². The summed E-state index contributed by atoms with van der Waals surface area (Å²) in [6.45, 7) is 0.462. The van der Waals surface area contributed by atoms with E-state index in [1.807, 2.05) is 30.3 Å². The van der Waals surface area contributed by atoms with Gasteiger partial charge in [-0.3, -0.25) is 4.79 Å². The van der Waals surface area contributed by atoms with E-state index in [1.165, 1.54) is 18.1 Å². The summed E-state index contributed by atoms with van der Waals surface area (Å²) in [5, 5.41) is 14.5. The van der Waals surface area contributed by atoms with Crippen LogP contribution in [-0.4, -0.2) is 45.3 Å². The Labute approximate surface area is 182 Å². The van der Waals surface area contributed by atoms with Gasteiger partial charge in [-0.2, -0.15) is 5.10 Å². The molecule has 0 radical (unpaired) electrons. The van der Waals surface area contributed by atoms with Crippen LogP contribution in [0.2, 0.25) is 10.0 Å². The summed E-state index contributed by atoms with van der Waals surface area (Å²) >= 11 is 12.4. The van der Waals surface area contributed by atoms with Crippen molar-refractivity contribution in [3.63, 3.8) is 0 Å². The van der Waals surface area contributed by atoms with Crippen LogP contribution in [0.25, 0.3) is 5.69 Å². The molecule has 9 heteroatoms. The molecule has 1 aliphatic heterocycles. The summed E-state index contributed by atoms with van der Waals surface area (Å²) < 4.78 is 6.92. The Morgan fingerprint density at radius 1 is 1.10 bits per heavy atom. The van der Waals surface area contributed by atoms with Crippen molar-refractivity contribution < 1.29 is 19.4 Å². The lowest BCUT2D eigenvalue weighted by Crippen LogP contribution is -2.37. The fourth-order valence-corrected chi connectivity index (χ4v) is 4.10. The van der Waals surface area contributed by atoms with E-state index in [-0.39, 0.29) is 39.5 Å². The third-order valence-corrected chi connectivity index (χ3v) is 5.64. The second kappa shape index (κ2) is 8.01. The number of carboxylic acid groups (broad SMARTS) is 1. The third-order valence-electron chi connectivity index (χ3n) is 5.02. The zero-order valence-electron chi connectivity index (χ0n) is 15.9. The molecule has 154 valence electrons. The zero-order chi connectivity index (χ0) is 21.4. The average molecular weight is 446 g/mol. The summed E-state index contributed by atoms with van der Waals surface area (Å²) in [5.74, 6) is -1.33. The molecule has 1 amide bonds. The van der Waals surface area contributed by atoms with Crippen LogP contribution in [0, 0.1) is 0 Å².